The van der Waals surface area contributed by atoms with E-state index in [9.17, 15) is 14.9 Å². The molecule has 0 unspecified atom stereocenters. The summed E-state index contributed by atoms with van der Waals surface area (Å²) in [7, 11) is 0. The van der Waals surface area contributed by atoms with Crippen molar-refractivity contribution in [2.24, 2.45) is 5.10 Å². The second kappa shape index (κ2) is 11.4. The molecule has 0 bridgehead atoms. The van der Waals surface area contributed by atoms with Crippen molar-refractivity contribution >= 4 is 45.9 Å². The van der Waals surface area contributed by atoms with E-state index in [4.69, 9.17) is 21.1 Å². The quantitative estimate of drug-likeness (QED) is 0.0884. The minimum Gasteiger partial charge on any atom is -0.490 e. The van der Waals surface area contributed by atoms with Crippen LogP contribution in [0.15, 0.2) is 77.2 Å². The summed E-state index contributed by atoms with van der Waals surface area (Å²) in [4.78, 5) is 27.3. The third kappa shape index (κ3) is 6.23. The highest BCUT2D eigenvalue weighted by Gasteiger charge is 2.13. The third-order valence-corrected chi connectivity index (χ3v) is 5.80. The Morgan fingerprint density at radius 2 is 1.89 bits per heavy atom. The fourth-order valence-electron chi connectivity index (χ4n) is 3.08. The predicted octanol–water partition coefficient (Wildman–Crippen LogP) is 6.44. The van der Waals surface area contributed by atoms with Gasteiger partial charge in [0.1, 0.15) is 0 Å². The van der Waals surface area contributed by atoms with Crippen molar-refractivity contribution in [2.75, 3.05) is 12.0 Å². The Morgan fingerprint density at radius 1 is 1.14 bits per heavy atom. The first-order valence-corrected chi connectivity index (χ1v) is 11.9. The van der Waals surface area contributed by atoms with Gasteiger partial charge in [0, 0.05) is 28.1 Å². The number of ether oxygens (including phenoxy) is 2. The fourth-order valence-corrected chi connectivity index (χ4v) is 3.87. The van der Waals surface area contributed by atoms with E-state index in [2.05, 4.69) is 15.5 Å². The van der Waals surface area contributed by atoms with E-state index in [-0.39, 0.29) is 11.4 Å². The number of nitro groups is 1. The first-order chi connectivity index (χ1) is 17.4. The number of nitro benzene ring substituents is 1. The molecule has 0 amide bonds. The second-order valence-corrected chi connectivity index (χ2v) is 8.54. The maximum atomic E-state index is 12.5. The van der Waals surface area contributed by atoms with Crippen LogP contribution in [0.4, 0.5) is 10.8 Å². The fraction of sp³-hybridized carbons (Fsp3) is 0.0800. The van der Waals surface area contributed by atoms with Crippen molar-refractivity contribution in [1.29, 1.82) is 0 Å². The Bertz CT molecular complexity index is 1400. The maximum absolute atomic E-state index is 12.5. The second-order valence-electron chi connectivity index (χ2n) is 7.25. The smallest absolute Gasteiger partial charge is 0.343 e. The standard InChI is InChI=1S/C25H19ClN4O5S/c1-2-34-23-13-16(3-12-22(23)35-24(31)18-4-8-19(26)9-5-18)14-27-29-25-28-21(15-36-25)17-6-10-20(11-7-17)30(32)33/h3-15H,2H2,1H3,(H,28,29)/b27-14-. The van der Waals surface area contributed by atoms with Crippen LogP contribution in [0.25, 0.3) is 11.3 Å². The Labute approximate surface area is 215 Å². The zero-order valence-corrected chi connectivity index (χ0v) is 20.5. The molecule has 0 atom stereocenters. The molecule has 0 saturated carbocycles. The monoisotopic (exact) mass is 522 g/mol. The molecule has 0 spiro atoms. The van der Waals surface area contributed by atoms with Crippen molar-refractivity contribution in [3.8, 4) is 22.8 Å². The normalized spacial score (nSPS) is 10.8. The number of non-ortho nitro benzene ring substituents is 1. The van der Waals surface area contributed by atoms with Crippen LogP contribution in [-0.2, 0) is 0 Å². The van der Waals surface area contributed by atoms with Gasteiger partial charge >= 0.3 is 5.97 Å². The summed E-state index contributed by atoms with van der Waals surface area (Å²) in [6, 6.07) is 17.7. The van der Waals surface area contributed by atoms with Crippen molar-refractivity contribution < 1.29 is 19.2 Å². The van der Waals surface area contributed by atoms with Gasteiger partial charge in [0.2, 0.25) is 5.13 Å². The van der Waals surface area contributed by atoms with Crippen LogP contribution in [0.5, 0.6) is 11.5 Å². The van der Waals surface area contributed by atoms with Gasteiger partial charge in [-0.1, -0.05) is 11.6 Å². The lowest BCUT2D eigenvalue weighted by molar-refractivity contribution is -0.384. The Hall–Kier alpha value is -4.28. The number of aromatic nitrogens is 1. The number of carbonyl (C=O) groups is 1. The first-order valence-electron chi connectivity index (χ1n) is 10.7. The lowest BCUT2D eigenvalue weighted by atomic mass is 10.1. The van der Waals surface area contributed by atoms with Gasteiger partial charge in [0.25, 0.3) is 5.69 Å². The van der Waals surface area contributed by atoms with E-state index in [1.165, 1.54) is 23.5 Å². The number of rotatable bonds is 9. The molecule has 0 aliphatic rings. The average molecular weight is 523 g/mol. The summed E-state index contributed by atoms with van der Waals surface area (Å²) in [5, 5.41) is 17.9. The molecule has 4 aromatic rings. The molecule has 0 fully saturated rings. The number of halogens is 1. The number of nitrogens with one attached hydrogen (secondary N) is 1. The number of nitrogens with zero attached hydrogens (tertiary/aromatic N) is 3. The van der Waals surface area contributed by atoms with Gasteiger partial charge in [-0.3, -0.25) is 15.5 Å². The molecule has 1 N–H and O–H groups in total. The summed E-state index contributed by atoms with van der Waals surface area (Å²) in [6.07, 6.45) is 1.58. The van der Waals surface area contributed by atoms with Gasteiger partial charge in [-0.25, -0.2) is 9.78 Å². The molecule has 3 aromatic carbocycles. The van der Waals surface area contributed by atoms with Gasteiger partial charge in [-0.2, -0.15) is 5.10 Å². The number of anilines is 1. The molecule has 1 aromatic heterocycles. The zero-order chi connectivity index (χ0) is 25.5. The molecular formula is C25H19ClN4O5S. The molecule has 4 rings (SSSR count). The van der Waals surface area contributed by atoms with Gasteiger partial charge in [-0.05, 0) is 67.1 Å². The molecule has 0 radical (unpaired) electrons. The Kier molecular flexibility index (Phi) is 7.89. The number of hydrazone groups is 1. The molecule has 0 aliphatic carbocycles. The number of carbonyl (C=O) groups excluding carboxylic acids is 1. The number of thiazole rings is 1. The Morgan fingerprint density at radius 3 is 2.58 bits per heavy atom. The van der Waals surface area contributed by atoms with Crippen LogP contribution in [-0.4, -0.2) is 28.7 Å². The SMILES string of the molecule is CCOc1cc(/C=N\Nc2nc(-c3ccc([N+](=O)[O-])cc3)cs2)ccc1OC(=O)c1ccc(Cl)cc1. The van der Waals surface area contributed by atoms with E-state index in [0.717, 1.165) is 5.56 Å². The summed E-state index contributed by atoms with van der Waals surface area (Å²) >= 11 is 7.22. The Balaban J connectivity index is 1.42. The zero-order valence-electron chi connectivity index (χ0n) is 18.9. The molecule has 1 heterocycles. The molecule has 0 aliphatic heterocycles. The highest BCUT2D eigenvalue weighted by atomic mass is 35.5. The summed E-state index contributed by atoms with van der Waals surface area (Å²) in [6.45, 7) is 2.22. The molecule has 182 valence electrons. The van der Waals surface area contributed by atoms with Crippen molar-refractivity contribution in [3.63, 3.8) is 0 Å². The highest BCUT2D eigenvalue weighted by molar-refractivity contribution is 7.14. The van der Waals surface area contributed by atoms with Gasteiger partial charge in [0.15, 0.2) is 11.5 Å². The van der Waals surface area contributed by atoms with Crippen LogP contribution in [0.1, 0.15) is 22.8 Å². The molecule has 9 nitrogen and oxygen atoms in total. The van der Waals surface area contributed by atoms with Crippen molar-refractivity contribution in [3.05, 3.63) is 98.4 Å². The minimum atomic E-state index is -0.525. The first kappa shape index (κ1) is 24.8. The van der Waals surface area contributed by atoms with E-state index < -0.39 is 10.9 Å². The summed E-state index contributed by atoms with van der Waals surface area (Å²) in [5.74, 6) is 0.163. The van der Waals surface area contributed by atoms with Crippen molar-refractivity contribution in [2.45, 2.75) is 6.92 Å². The van der Waals surface area contributed by atoms with Gasteiger partial charge in [-0.15, -0.1) is 11.3 Å². The number of esters is 1. The van der Waals surface area contributed by atoms with Crippen LogP contribution in [0.2, 0.25) is 5.02 Å². The maximum Gasteiger partial charge on any atom is 0.343 e. The van der Waals surface area contributed by atoms with E-state index in [1.54, 1.807) is 60.8 Å². The molecule has 36 heavy (non-hydrogen) atoms. The number of hydrogen-bond acceptors (Lipinski definition) is 9. The average Bonchev–Trinajstić information content (AvgIpc) is 3.35. The van der Waals surface area contributed by atoms with Gasteiger partial charge < -0.3 is 9.47 Å². The van der Waals surface area contributed by atoms with Crippen LogP contribution >= 0.6 is 22.9 Å². The molecular weight excluding hydrogens is 504 g/mol. The predicted molar refractivity (Wildman–Crippen MR) is 139 cm³/mol. The van der Waals surface area contributed by atoms with Crippen LogP contribution in [0.3, 0.4) is 0 Å². The van der Waals surface area contributed by atoms with E-state index >= 15 is 0 Å². The topological polar surface area (TPSA) is 116 Å². The molecule has 11 heteroatoms. The summed E-state index contributed by atoms with van der Waals surface area (Å²) in [5.41, 5.74) is 5.41. The number of benzene rings is 3. The van der Waals surface area contributed by atoms with E-state index in [0.29, 0.717) is 39.3 Å². The number of hydrogen-bond donors (Lipinski definition) is 1. The van der Waals surface area contributed by atoms with E-state index in [1.807, 2.05) is 12.3 Å². The third-order valence-electron chi connectivity index (χ3n) is 4.80. The minimum absolute atomic E-state index is 0.0223. The lowest BCUT2D eigenvalue weighted by Crippen LogP contribution is -2.09. The largest absolute Gasteiger partial charge is 0.490 e. The lowest BCUT2D eigenvalue weighted by Gasteiger charge is -2.11. The summed E-state index contributed by atoms with van der Waals surface area (Å²) < 4.78 is 11.1. The van der Waals surface area contributed by atoms with Crippen molar-refractivity contribution in [1.82, 2.24) is 4.98 Å². The molecule has 0 saturated heterocycles. The highest BCUT2D eigenvalue weighted by Crippen LogP contribution is 2.30. The van der Waals surface area contributed by atoms with Crippen LogP contribution < -0.4 is 14.9 Å². The van der Waals surface area contributed by atoms with Gasteiger partial charge in [0.05, 0.1) is 29.0 Å². The van der Waals surface area contributed by atoms with Crippen LogP contribution in [0, 0.1) is 10.1 Å².